The molecular weight excluding hydrogens is 363 g/mol. The van der Waals surface area contributed by atoms with Crippen LogP contribution in [0.4, 0.5) is 0 Å². The summed E-state index contributed by atoms with van der Waals surface area (Å²) < 4.78 is 24.4. The summed E-state index contributed by atoms with van der Waals surface area (Å²) in [6.07, 6.45) is 1.08. The van der Waals surface area contributed by atoms with Crippen molar-refractivity contribution in [2.75, 3.05) is 11.5 Å². The molecular formula is C17H20BrO3P. The van der Waals surface area contributed by atoms with Crippen molar-refractivity contribution >= 4 is 23.5 Å². The van der Waals surface area contributed by atoms with Crippen LogP contribution in [0.15, 0.2) is 48.5 Å². The minimum atomic E-state index is -3.24. The predicted octanol–water partition coefficient (Wildman–Crippen LogP) is 5.74. The smallest absolute Gasteiger partial charge is 0.416 e. The summed E-state index contributed by atoms with van der Waals surface area (Å²) in [5, 5.41) is 0.755. The average Bonchev–Trinajstić information content (AvgIpc) is 2.50. The molecule has 0 aliphatic carbocycles. The van der Waals surface area contributed by atoms with Gasteiger partial charge in [0.25, 0.3) is 0 Å². The highest BCUT2D eigenvalue weighted by Gasteiger charge is 2.27. The molecule has 0 bridgehead atoms. The molecule has 0 fully saturated rings. The Balaban J connectivity index is 2.17. The summed E-state index contributed by atoms with van der Waals surface area (Å²) in [6, 6.07) is 15.0. The van der Waals surface area contributed by atoms with Crippen LogP contribution in [0.3, 0.4) is 0 Å². The lowest BCUT2D eigenvalue weighted by Gasteiger charge is -2.20. The molecule has 3 nitrogen and oxygen atoms in total. The molecule has 0 aliphatic rings. The molecule has 0 saturated heterocycles. The molecule has 0 heterocycles. The maximum absolute atomic E-state index is 13.0. The largest absolute Gasteiger partial charge is 0.430 e. The normalized spacial score (nSPS) is 11.2. The van der Waals surface area contributed by atoms with Crippen molar-refractivity contribution in [3.05, 3.63) is 59.7 Å². The molecule has 0 aliphatic heterocycles. The molecule has 0 unspecified atom stereocenters. The van der Waals surface area contributed by atoms with Gasteiger partial charge in [-0.1, -0.05) is 51.3 Å². The van der Waals surface area contributed by atoms with Gasteiger partial charge >= 0.3 is 7.60 Å². The summed E-state index contributed by atoms with van der Waals surface area (Å²) in [4.78, 5) is 0. The number of alkyl halides is 1. The van der Waals surface area contributed by atoms with E-state index in [9.17, 15) is 4.57 Å². The zero-order valence-electron chi connectivity index (χ0n) is 12.8. The van der Waals surface area contributed by atoms with Gasteiger partial charge in [-0.15, -0.1) is 0 Å². The highest BCUT2D eigenvalue weighted by atomic mass is 79.9. The molecule has 2 rings (SSSR count). The average molecular weight is 383 g/mol. The summed E-state index contributed by atoms with van der Waals surface area (Å²) >= 11 is 3.36. The first-order valence-corrected chi connectivity index (χ1v) is 10.0. The van der Waals surface area contributed by atoms with Crippen molar-refractivity contribution < 1.29 is 13.6 Å². The van der Waals surface area contributed by atoms with Crippen molar-refractivity contribution in [2.45, 2.75) is 20.3 Å². The Morgan fingerprint density at radius 3 is 1.64 bits per heavy atom. The Hall–Kier alpha value is -1.25. The van der Waals surface area contributed by atoms with E-state index in [1.807, 2.05) is 62.4 Å². The summed E-state index contributed by atoms with van der Waals surface area (Å²) in [7, 11) is -3.24. The van der Waals surface area contributed by atoms with Crippen LogP contribution in [0, 0.1) is 13.8 Å². The van der Waals surface area contributed by atoms with Crippen LogP contribution in [-0.2, 0) is 4.57 Å². The van der Waals surface area contributed by atoms with Crippen LogP contribution < -0.4 is 9.05 Å². The lowest BCUT2D eigenvalue weighted by molar-refractivity contribution is 0.385. The van der Waals surface area contributed by atoms with Gasteiger partial charge in [0.2, 0.25) is 0 Å². The molecule has 0 saturated carbocycles. The molecule has 0 aromatic heterocycles. The predicted molar refractivity (Wildman–Crippen MR) is 94.5 cm³/mol. The van der Waals surface area contributed by atoms with Gasteiger partial charge in [-0.05, 0) is 44.5 Å². The zero-order chi connectivity index (χ0) is 16.0. The summed E-state index contributed by atoms with van der Waals surface area (Å²) in [6.45, 7) is 3.99. The van der Waals surface area contributed by atoms with E-state index in [0.29, 0.717) is 17.7 Å². The topological polar surface area (TPSA) is 35.5 Å². The van der Waals surface area contributed by atoms with Crippen LogP contribution in [0.2, 0.25) is 0 Å². The Kier molecular flexibility index (Phi) is 6.10. The van der Waals surface area contributed by atoms with Gasteiger partial charge in [0.15, 0.2) is 0 Å². The highest BCUT2D eigenvalue weighted by Crippen LogP contribution is 2.49. The first-order valence-electron chi connectivity index (χ1n) is 7.18. The van der Waals surface area contributed by atoms with Crippen molar-refractivity contribution in [3.63, 3.8) is 0 Å². The second-order valence-corrected chi connectivity index (χ2v) is 8.01. The van der Waals surface area contributed by atoms with E-state index in [1.54, 1.807) is 0 Å². The number of hydrogen-bond donors (Lipinski definition) is 0. The minimum Gasteiger partial charge on any atom is -0.416 e. The Morgan fingerprint density at radius 1 is 0.864 bits per heavy atom. The monoisotopic (exact) mass is 382 g/mol. The number of hydrogen-bond acceptors (Lipinski definition) is 3. The van der Waals surface area contributed by atoms with E-state index in [4.69, 9.17) is 9.05 Å². The maximum atomic E-state index is 13.0. The van der Waals surface area contributed by atoms with E-state index in [1.165, 1.54) is 0 Å². The molecule has 0 atom stereocenters. The Morgan fingerprint density at radius 2 is 1.27 bits per heavy atom. The molecule has 0 spiro atoms. The van der Waals surface area contributed by atoms with E-state index >= 15 is 0 Å². The van der Waals surface area contributed by atoms with Gasteiger partial charge in [0.1, 0.15) is 11.5 Å². The Bertz CT molecular complexity index is 586. The van der Waals surface area contributed by atoms with E-state index in [0.717, 1.165) is 22.9 Å². The molecule has 0 radical (unpaired) electrons. The van der Waals surface area contributed by atoms with Gasteiger partial charge < -0.3 is 9.05 Å². The van der Waals surface area contributed by atoms with Crippen molar-refractivity contribution in [1.29, 1.82) is 0 Å². The van der Waals surface area contributed by atoms with Crippen LogP contribution in [0.5, 0.6) is 11.5 Å². The third-order valence-electron chi connectivity index (χ3n) is 3.10. The minimum absolute atomic E-state index is 0.361. The summed E-state index contributed by atoms with van der Waals surface area (Å²) in [5.41, 5.74) is 2.25. The highest BCUT2D eigenvalue weighted by molar-refractivity contribution is 9.09. The van der Waals surface area contributed by atoms with E-state index in [2.05, 4.69) is 15.9 Å². The molecule has 2 aromatic rings. The van der Waals surface area contributed by atoms with Crippen LogP contribution >= 0.6 is 23.5 Å². The van der Waals surface area contributed by atoms with Crippen LogP contribution in [0.25, 0.3) is 0 Å². The number of rotatable bonds is 7. The van der Waals surface area contributed by atoms with E-state index < -0.39 is 7.60 Å². The molecule has 5 heteroatoms. The third kappa shape index (κ3) is 5.19. The van der Waals surface area contributed by atoms with Gasteiger partial charge in [-0.2, -0.15) is 0 Å². The van der Waals surface area contributed by atoms with Gasteiger partial charge in [-0.25, -0.2) is 4.57 Å². The number of benzene rings is 2. The lowest BCUT2D eigenvalue weighted by Crippen LogP contribution is -2.06. The zero-order valence-corrected chi connectivity index (χ0v) is 15.3. The first-order chi connectivity index (χ1) is 10.5. The quantitative estimate of drug-likeness (QED) is 0.452. The fourth-order valence-corrected chi connectivity index (χ4v) is 4.25. The summed E-state index contributed by atoms with van der Waals surface area (Å²) in [5.74, 6) is 1.13. The van der Waals surface area contributed by atoms with Crippen LogP contribution in [-0.4, -0.2) is 11.5 Å². The number of aryl methyl sites for hydroxylation is 2. The fourth-order valence-electron chi connectivity index (χ4n) is 1.88. The van der Waals surface area contributed by atoms with Gasteiger partial charge in [-0.3, -0.25) is 0 Å². The first kappa shape index (κ1) is 17.1. The van der Waals surface area contributed by atoms with Crippen molar-refractivity contribution in [2.24, 2.45) is 0 Å². The molecule has 22 heavy (non-hydrogen) atoms. The SMILES string of the molecule is Cc1ccc(OP(=O)(CCCBr)Oc2ccc(C)cc2)cc1. The fraction of sp³-hybridized carbons (Fsp3) is 0.294. The third-order valence-corrected chi connectivity index (χ3v) is 5.50. The second-order valence-electron chi connectivity index (χ2n) is 5.19. The van der Waals surface area contributed by atoms with Crippen LogP contribution in [0.1, 0.15) is 17.5 Å². The molecule has 0 N–H and O–H groups in total. The van der Waals surface area contributed by atoms with Gasteiger partial charge in [0.05, 0.1) is 6.16 Å². The molecule has 0 amide bonds. The molecule has 2 aromatic carbocycles. The van der Waals surface area contributed by atoms with E-state index in [-0.39, 0.29) is 0 Å². The van der Waals surface area contributed by atoms with Crippen molar-refractivity contribution in [3.8, 4) is 11.5 Å². The van der Waals surface area contributed by atoms with Crippen molar-refractivity contribution in [1.82, 2.24) is 0 Å². The standard InChI is InChI=1S/C17H20BrO3P/c1-14-4-8-16(9-5-14)20-22(19,13-3-12-18)21-17-10-6-15(2)7-11-17/h4-11H,3,12-13H2,1-2H3. The number of halogens is 1. The maximum Gasteiger partial charge on any atom is 0.430 e. The Labute approximate surface area is 140 Å². The molecule has 118 valence electrons. The van der Waals surface area contributed by atoms with Gasteiger partial charge in [0, 0.05) is 5.33 Å². The second kappa shape index (κ2) is 7.85. The lowest BCUT2D eigenvalue weighted by atomic mass is 10.2.